The van der Waals surface area contributed by atoms with Crippen LogP contribution in [0.1, 0.15) is 108 Å². The fourth-order valence-corrected chi connectivity index (χ4v) is 7.33. The van der Waals surface area contributed by atoms with E-state index in [-0.39, 0.29) is 0 Å². The van der Waals surface area contributed by atoms with Crippen LogP contribution in [0.3, 0.4) is 0 Å². The molecule has 2 aromatic heterocycles. The SMILES string of the molecule is CCCCCCCC1=C2C=CC(=N2)/C(=C2/NC=CN2C)c2ccc([nH]2)C(CCCCCCC)=C2C=CC(=N2)C(c2nccn2C)=C2C=CC1=N2. The second-order valence-corrected chi connectivity index (χ2v) is 13.7. The molecule has 0 amide bonds. The Labute approximate surface area is 297 Å². The summed E-state index contributed by atoms with van der Waals surface area (Å²) >= 11 is 0. The minimum atomic E-state index is 0.858. The summed E-state index contributed by atoms with van der Waals surface area (Å²) < 4.78 is 2.06. The molecule has 0 aromatic carbocycles. The van der Waals surface area contributed by atoms with Gasteiger partial charge in [-0.2, -0.15) is 0 Å². The summed E-state index contributed by atoms with van der Waals surface area (Å²) in [6.07, 6.45) is 34.8. The van der Waals surface area contributed by atoms with Crippen molar-refractivity contribution in [2.75, 3.05) is 7.05 Å². The number of nitrogens with one attached hydrogen (secondary N) is 2. The summed E-state index contributed by atoms with van der Waals surface area (Å²) in [5.74, 6) is 1.86. The smallest absolute Gasteiger partial charge is 0.144 e. The van der Waals surface area contributed by atoms with Crippen LogP contribution < -0.4 is 5.32 Å². The largest absolute Gasteiger partial charge is 0.355 e. The van der Waals surface area contributed by atoms with E-state index in [1.165, 1.54) is 62.5 Å². The third-order valence-electron chi connectivity index (χ3n) is 10.1. The van der Waals surface area contributed by atoms with Gasteiger partial charge in [0.2, 0.25) is 0 Å². The number of fused-ring (bicyclic) bond motifs is 5. The number of unbranched alkanes of at least 4 members (excludes halogenated alkanes) is 8. The van der Waals surface area contributed by atoms with Crippen LogP contribution in [0, 0.1) is 0 Å². The number of H-pyrrole nitrogens is 1. The lowest BCUT2D eigenvalue weighted by molar-refractivity contribution is 0.574. The molecule has 0 aliphatic carbocycles. The molecule has 258 valence electrons. The first-order chi connectivity index (χ1) is 24.6. The lowest BCUT2D eigenvalue weighted by Gasteiger charge is -2.17. The molecule has 50 heavy (non-hydrogen) atoms. The normalized spacial score (nSPS) is 19.4. The van der Waals surface area contributed by atoms with Gasteiger partial charge in [0.05, 0.1) is 51.1 Å². The Morgan fingerprint density at radius 1 is 0.620 bits per heavy atom. The number of aliphatic imine (C=N–C) groups is 3. The predicted octanol–water partition coefficient (Wildman–Crippen LogP) is 9.57. The van der Waals surface area contributed by atoms with Crippen molar-refractivity contribution < 1.29 is 0 Å². The summed E-state index contributed by atoms with van der Waals surface area (Å²) in [4.78, 5) is 26.8. The first-order valence-electron chi connectivity index (χ1n) is 18.7. The zero-order valence-electron chi connectivity index (χ0n) is 30.1. The fourth-order valence-electron chi connectivity index (χ4n) is 7.33. The van der Waals surface area contributed by atoms with Gasteiger partial charge in [-0.25, -0.2) is 20.0 Å². The Kier molecular flexibility index (Phi) is 10.2. The van der Waals surface area contributed by atoms with Crippen molar-refractivity contribution in [3.63, 3.8) is 0 Å². The van der Waals surface area contributed by atoms with Crippen molar-refractivity contribution >= 4 is 33.9 Å². The third kappa shape index (κ3) is 6.89. The molecule has 8 nitrogen and oxygen atoms in total. The predicted molar refractivity (Wildman–Crippen MR) is 208 cm³/mol. The maximum atomic E-state index is 5.36. The fraction of sp³-hybridized carbons (Fsp3) is 0.381. The molecule has 0 fully saturated rings. The highest BCUT2D eigenvalue weighted by atomic mass is 15.3. The highest BCUT2D eigenvalue weighted by Crippen LogP contribution is 2.37. The second-order valence-electron chi connectivity index (χ2n) is 13.7. The molecule has 8 heteroatoms. The van der Waals surface area contributed by atoms with Crippen molar-refractivity contribution in [2.24, 2.45) is 22.0 Å². The maximum Gasteiger partial charge on any atom is 0.144 e. The standard InChI is InChI=1S/C42H50N8/c1-5-7-9-11-13-15-29-31-17-21-35(45-31)39(41-43-25-27-49(41)3)37-23-19-33(47-37)30(16-14-12-10-8-6-2)34-20-24-38(48-34)40(36-22-18-32(29)46-36)42-44-26-28-50(42)4/h17-28,43,45H,5-16H2,1-4H3/b32-29?,33-30?,40-38?,41-39-. The van der Waals surface area contributed by atoms with Gasteiger partial charge in [0.1, 0.15) is 11.6 Å². The van der Waals surface area contributed by atoms with E-state index < -0.39 is 0 Å². The number of aromatic amines is 1. The van der Waals surface area contributed by atoms with Crippen LogP contribution >= 0.6 is 0 Å². The minimum Gasteiger partial charge on any atom is -0.355 e. The van der Waals surface area contributed by atoms with Crippen molar-refractivity contribution in [2.45, 2.75) is 90.9 Å². The summed E-state index contributed by atoms with van der Waals surface area (Å²) in [6, 6.07) is 4.42. The maximum absolute atomic E-state index is 5.36. The molecule has 5 aliphatic rings. The molecular weight excluding hydrogens is 617 g/mol. The van der Waals surface area contributed by atoms with Crippen LogP contribution in [-0.4, -0.2) is 43.6 Å². The van der Waals surface area contributed by atoms with Gasteiger partial charge in [-0.15, -0.1) is 0 Å². The van der Waals surface area contributed by atoms with Gasteiger partial charge in [0, 0.05) is 55.7 Å². The van der Waals surface area contributed by atoms with E-state index in [2.05, 4.69) is 95.5 Å². The first-order valence-corrected chi connectivity index (χ1v) is 18.7. The number of hydrogen-bond acceptors (Lipinski definition) is 6. The van der Waals surface area contributed by atoms with Crippen LogP contribution in [0.2, 0.25) is 0 Å². The number of hydrogen-bond donors (Lipinski definition) is 2. The molecule has 0 saturated heterocycles. The number of aryl methyl sites for hydroxylation is 1. The van der Waals surface area contributed by atoms with E-state index in [9.17, 15) is 0 Å². The highest BCUT2D eigenvalue weighted by molar-refractivity contribution is 6.33. The Bertz CT molecular complexity index is 1970. The van der Waals surface area contributed by atoms with Gasteiger partial charge in [0.15, 0.2) is 0 Å². The summed E-state index contributed by atoms with van der Waals surface area (Å²) in [5, 5.41) is 3.50. The molecule has 0 saturated carbocycles. The summed E-state index contributed by atoms with van der Waals surface area (Å²) in [5.41, 5.74) is 12.2. The number of imidazole rings is 1. The molecule has 0 radical (unpaired) electrons. The molecule has 7 rings (SSSR count). The first kappa shape index (κ1) is 33.5. The van der Waals surface area contributed by atoms with Gasteiger partial charge in [-0.3, -0.25) is 0 Å². The Balaban J connectivity index is 1.41. The van der Waals surface area contributed by atoms with E-state index in [0.29, 0.717) is 0 Å². The molecule has 2 aromatic rings. The lowest BCUT2D eigenvalue weighted by Crippen LogP contribution is -2.19. The van der Waals surface area contributed by atoms with Gasteiger partial charge in [-0.05, 0) is 74.3 Å². The van der Waals surface area contributed by atoms with Crippen molar-refractivity contribution in [3.05, 3.63) is 119 Å². The number of rotatable bonds is 13. The average Bonchev–Trinajstić information content (AvgIpc) is 3.97. The Morgan fingerprint density at radius 3 is 1.88 bits per heavy atom. The molecule has 8 bridgehead atoms. The zero-order valence-corrected chi connectivity index (χ0v) is 30.1. The van der Waals surface area contributed by atoms with Gasteiger partial charge >= 0.3 is 0 Å². The number of aromatic nitrogens is 3. The van der Waals surface area contributed by atoms with Crippen molar-refractivity contribution in [1.82, 2.24) is 24.8 Å². The summed E-state index contributed by atoms with van der Waals surface area (Å²) in [6.45, 7) is 4.53. The Morgan fingerprint density at radius 2 is 1.22 bits per heavy atom. The lowest BCUT2D eigenvalue weighted by atomic mass is 10.00. The minimum absolute atomic E-state index is 0.858. The van der Waals surface area contributed by atoms with Crippen molar-refractivity contribution in [1.29, 1.82) is 0 Å². The van der Waals surface area contributed by atoms with Gasteiger partial charge in [-0.1, -0.05) is 65.2 Å². The Hall–Kier alpha value is -4.98. The van der Waals surface area contributed by atoms with Crippen LogP contribution in [0.25, 0.3) is 16.7 Å². The second kappa shape index (κ2) is 15.3. The van der Waals surface area contributed by atoms with Crippen LogP contribution in [0.5, 0.6) is 0 Å². The molecule has 7 heterocycles. The monoisotopic (exact) mass is 666 g/mol. The highest BCUT2D eigenvalue weighted by Gasteiger charge is 2.28. The molecule has 0 spiro atoms. The quantitative estimate of drug-likeness (QED) is 0.209. The third-order valence-corrected chi connectivity index (χ3v) is 10.1. The average molecular weight is 667 g/mol. The van der Waals surface area contributed by atoms with Gasteiger partial charge < -0.3 is 19.8 Å². The summed E-state index contributed by atoms with van der Waals surface area (Å²) in [7, 11) is 4.12. The molecule has 0 atom stereocenters. The molecular formula is C42H50N8. The number of allylic oxidation sites excluding steroid dienone is 10. The van der Waals surface area contributed by atoms with Crippen LogP contribution in [0.4, 0.5) is 0 Å². The number of nitrogens with zero attached hydrogens (tertiary/aromatic N) is 6. The molecule has 0 unspecified atom stereocenters. The van der Waals surface area contributed by atoms with Crippen molar-refractivity contribution in [3.8, 4) is 0 Å². The topological polar surface area (TPSA) is 86.0 Å². The van der Waals surface area contributed by atoms with Crippen LogP contribution in [-0.2, 0) is 7.05 Å². The van der Waals surface area contributed by atoms with Crippen LogP contribution in [0.15, 0.2) is 117 Å². The van der Waals surface area contributed by atoms with E-state index in [1.807, 2.05) is 25.6 Å². The van der Waals surface area contributed by atoms with E-state index in [1.54, 1.807) is 0 Å². The van der Waals surface area contributed by atoms with E-state index in [4.69, 9.17) is 20.0 Å². The zero-order chi connectivity index (χ0) is 34.5. The van der Waals surface area contributed by atoms with E-state index in [0.717, 1.165) is 94.1 Å². The molecule has 2 N–H and O–H groups in total. The molecule has 5 aliphatic heterocycles. The van der Waals surface area contributed by atoms with Gasteiger partial charge in [0.25, 0.3) is 0 Å². The van der Waals surface area contributed by atoms with E-state index >= 15 is 0 Å².